The highest BCUT2D eigenvalue weighted by atomic mass is 19.4. The van der Waals surface area contributed by atoms with Crippen LogP contribution in [0.5, 0.6) is 0 Å². The second kappa shape index (κ2) is 8.59. The molecule has 0 aromatic carbocycles. The predicted octanol–water partition coefficient (Wildman–Crippen LogP) is 6.07. The Kier molecular flexibility index (Phi) is 6.78. The molecule has 4 aliphatic carbocycles. The molecular formula is C22H29F7O4. The van der Waals surface area contributed by atoms with E-state index in [1.165, 1.54) is 0 Å². The highest BCUT2D eigenvalue weighted by Gasteiger charge is 2.64. The van der Waals surface area contributed by atoms with E-state index in [0.29, 0.717) is 32.1 Å². The third-order valence-electron chi connectivity index (χ3n) is 7.37. The van der Waals surface area contributed by atoms with Crippen molar-refractivity contribution in [3.05, 3.63) is 0 Å². The molecule has 4 rings (SSSR count). The highest BCUT2D eigenvalue weighted by molar-refractivity contribution is 5.78. The second-order valence-electron chi connectivity index (χ2n) is 10.3. The van der Waals surface area contributed by atoms with Gasteiger partial charge in [-0.05, 0) is 50.4 Å². The van der Waals surface area contributed by atoms with Gasteiger partial charge in [0.1, 0.15) is 5.60 Å². The zero-order chi connectivity index (χ0) is 24.9. The monoisotopic (exact) mass is 490 g/mol. The fourth-order valence-electron chi connectivity index (χ4n) is 5.98. The lowest BCUT2D eigenvalue weighted by molar-refractivity contribution is -0.301. The van der Waals surface area contributed by atoms with Crippen molar-refractivity contribution in [1.29, 1.82) is 0 Å². The summed E-state index contributed by atoms with van der Waals surface area (Å²) in [6.07, 6.45) is -6.44. The van der Waals surface area contributed by atoms with Crippen molar-refractivity contribution < 1.29 is 49.8 Å². The van der Waals surface area contributed by atoms with Crippen molar-refractivity contribution >= 4 is 11.9 Å². The van der Waals surface area contributed by atoms with Crippen LogP contribution in [0.3, 0.4) is 0 Å². The minimum absolute atomic E-state index is 0.107. The maximum absolute atomic E-state index is 13.7. The van der Waals surface area contributed by atoms with E-state index in [-0.39, 0.29) is 30.1 Å². The Balaban J connectivity index is 1.62. The van der Waals surface area contributed by atoms with Crippen molar-refractivity contribution in [2.75, 3.05) is 6.61 Å². The standard InChI is InChI=1S/C22H29F7O4/c1-3-13(2)16(30)33-19-9-14-6-15(10-19)8-18(7-14,11-19)17(31)32-5-4-20(23,24)12-21(25,26)22(27,28)29/h13-15H,3-12H2,1-2H3. The van der Waals surface area contributed by atoms with Gasteiger partial charge in [0.15, 0.2) is 0 Å². The number of esters is 2. The van der Waals surface area contributed by atoms with Gasteiger partial charge in [0.05, 0.1) is 24.4 Å². The molecule has 4 nitrogen and oxygen atoms in total. The van der Waals surface area contributed by atoms with Crippen LogP contribution in [-0.2, 0) is 19.1 Å². The molecule has 0 amide bonds. The molecule has 11 heteroatoms. The second-order valence-corrected chi connectivity index (χ2v) is 10.3. The van der Waals surface area contributed by atoms with Gasteiger partial charge in [-0.25, -0.2) is 8.78 Å². The van der Waals surface area contributed by atoms with E-state index in [2.05, 4.69) is 0 Å². The number of hydrogen-bond acceptors (Lipinski definition) is 4. The average molecular weight is 490 g/mol. The number of rotatable bonds is 9. The normalized spacial score (nSPS) is 32.5. The van der Waals surface area contributed by atoms with Gasteiger partial charge in [0.25, 0.3) is 5.92 Å². The lowest BCUT2D eigenvalue weighted by Crippen LogP contribution is -2.60. The SMILES string of the molecule is CCC(C)C(=O)OC12CC3CC(C1)CC(C(=O)OCCC(F)(F)CC(F)(F)C(F)(F)F)(C3)C2. The Morgan fingerprint density at radius 3 is 2.09 bits per heavy atom. The summed E-state index contributed by atoms with van der Waals surface area (Å²) in [7, 11) is 0. The Labute approximate surface area is 187 Å². The van der Waals surface area contributed by atoms with Crippen molar-refractivity contribution in [2.24, 2.45) is 23.2 Å². The van der Waals surface area contributed by atoms with Gasteiger partial charge in [-0.1, -0.05) is 13.8 Å². The first-order valence-electron chi connectivity index (χ1n) is 11.2. The molecule has 0 aromatic heterocycles. The molecular weight excluding hydrogens is 461 g/mol. The smallest absolute Gasteiger partial charge is 0.453 e. The first kappa shape index (κ1) is 26.1. The fraction of sp³-hybridized carbons (Fsp3) is 0.909. The summed E-state index contributed by atoms with van der Waals surface area (Å²) >= 11 is 0. The highest BCUT2D eigenvalue weighted by Crippen LogP contribution is 2.63. The van der Waals surface area contributed by atoms with E-state index in [9.17, 15) is 40.3 Å². The van der Waals surface area contributed by atoms with Crippen molar-refractivity contribution in [2.45, 2.75) is 95.3 Å². The number of alkyl halides is 7. The molecule has 3 unspecified atom stereocenters. The summed E-state index contributed by atoms with van der Waals surface area (Å²) in [4.78, 5) is 25.3. The van der Waals surface area contributed by atoms with E-state index in [4.69, 9.17) is 9.47 Å². The van der Waals surface area contributed by atoms with E-state index in [0.717, 1.165) is 6.42 Å². The molecule has 0 N–H and O–H groups in total. The molecule has 0 spiro atoms. The lowest BCUT2D eigenvalue weighted by atomic mass is 9.48. The minimum atomic E-state index is -6.09. The Morgan fingerprint density at radius 1 is 1.00 bits per heavy atom. The maximum atomic E-state index is 13.7. The van der Waals surface area contributed by atoms with Crippen molar-refractivity contribution in [1.82, 2.24) is 0 Å². The molecule has 33 heavy (non-hydrogen) atoms. The molecule has 0 heterocycles. The number of carbonyl (C=O) groups excluding carboxylic acids is 2. The van der Waals surface area contributed by atoms with Gasteiger partial charge in [0.2, 0.25) is 0 Å². The Bertz CT molecular complexity index is 750. The predicted molar refractivity (Wildman–Crippen MR) is 102 cm³/mol. The van der Waals surface area contributed by atoms with Crippen molar-refractivity contribution in [3.63, 3.8) is 0 Å². The first-order valence-corrected chi connectivity index (χ1v) is 11.2. The van der Waals surface area contributed by atoms with Gasteiger partial charge in [0, 0.05) is 12.8 Å². The molecule has 0 radical (unpaired) electrons. The van der Waals surface area contributed by atoms with E-state index in [1.807, 2.05) is 6.92 Å². The summed E-state index contributed by atoms with van der Waals surface area (Å²) in [6.45, 7) is 2.62. The number of hydrogen-bond donors (Lipinski definition) is 0. The quantitative estimate of drug-likeness (QED) is 0.291. The molecule has 4 fully saturated rings. The minimum Gasteiger partial charge on any atom is -0.465 e. The summed E-state index contributed by atoms with van der Waals surface area (Å²) in [5.41, 5.74) is -1.84. The Morgan fingerprint density at radius 2 is 1.58 bits per heavy atom. The van der Waals surface area contributed by atoms with Crippen LogP contribution in [0.2, 0.25) is 0 Å². The topological polar surface area (TPSA) is 52.6 Å². The molecule has 0 aliphatic heterocycles. The average Bonchev–Trinajstić information content (AvgIpc) is 2.63. The van der Waals surface area contributed by atoms with Gasteiger partial charge in [-0.15, -0.1) is 0 Å². The molecule has 4 saturated carbocycles. The summed E-state index contributed by atoms with van der Waals surface area (Å²) < 4.78 is 101. The van der Waals surface area contributed by atoms with Crippen LogP contribution < -0.4 is 0 Å². The number of ether oxygens (including phenoxy) is 2. The largest absolute Gasteiger partial charge is 0.465 e. The molecule has 4 bridgehead atoms. The molecule has 0 aromatic rings. The number of halogens is 7. The number of carbonyl (C=O) groups is 2. The van der Waals surface area contributed by atoms with Crippen LogP contribution in [0.1, 0.15) is 71.6 Å². The summed E-state index contributed by atoms with van der Waals surface area (Å²) in [6, 6.07) is 0. The zero-order valence-electron chi connectivity index (χ0n) is 18.6. The molecule has 4 aliphatic rings. The van der Waals surface area contributed by atoms with Crippen molar-refractivity contribution in [3.8, 4) is 0 Å². The third kappa shape index (κ3) is 5.42. The Hall–Kier alpha value is -1.55. The lowest BCUT2D eigenvalue weighted by Gasteiger charge is -2.59. The first-order chi connectivity index (χ1) is 15.0. The van der Waals surface area contributed by atoms with Gasteiger partial charge < -0.3 is 9.47 Å². The third-order valence-corrected chi connectivity index (χ3v) is 7.37. The summed E-state index contributed by atoms with van der Waals surface area (Å²) in [5.74, 6) is -11.1. The molecule has 190 valence electrons. The van der Waals surface area contributed by atoms with Gasteiger partial charge in [-0.2, -0.15) is 22.0 Å². The van der Waals surface area contributed by atoms with Gasteiger partial charge >= 0.3 is 24.0 Å². The summed E-state index contributed by atoms with van der Waals surface area (Å²) in [5, 5.41) is 0. The fourth-order valence-corrected chi connectivity index (χ4v) is 5.98. The molecule has 0 saturated heterocycles. The van der Waals surface area contributed by atoms with Crippen LogP contribution in [0.15, 0.2) is 0 Å². The van der Waals surface area contributed by atoms with Crippen LogP contribution in [-0.4, -0.2) is 42.2 Å². The zero-order valence-corrected chi connectivity index (χ0v) is 18.6. The molecule has 3 atom stereocenters. The maximum Gasteiger partial charge on any atom is 0.453 e. The van der Waals surface area contributed by atoms with Crippen LogP contribution >= 0.6 is 0 Å². The van der Waals surface area contributed by atoms with Gasteiger partial charge in [-0.3, -0.25) is 9.59 Å². The van der Waals surface area contributed by atoms with E-state index >= 15 is 0 Å². The van der Waals surface area contributed by atoms with E-state index in [1.54, 1.807) is 6.92 Å². The van der Waals surface area contributed by atoms with Crippen LogP contribution in [0, 0.1) is 23.2 Å². The van der Waals surface area contributed by atoms with E-state index < -0.39 is 54.5 Å². The van der Waals surface area contributed by atoms with Crippen LogP contribution in [0.4, 0.5) is 30.7 Å². The van der Waals surface area contributed by atoms with Crippen LogP contribution in [0.25, 0.3) is 0 Å².